The molecular formula is C28H31N5O2. The molecule has 1 aromatic heterocycles. The number of nitrogens with two attached hydrogens (primary N) is 2. The highest BCUT2D eigenvalue weighted by Crippen LogP contribution is 2.31. The number of nitrogen functional groups attached to an aromatic ring is 1. The number of rotatable bonds is 6. The van der Waals surface area contributed by atoms with E-state index in [1.807, 2.05) is 34.9 Å². The Kier molecular flexibility index (Phi) is 6.28. The molecule has 0 unspecified atom stereocenters. The van der Waals surface area contributed by atoms with Gasteiger partial charge >= 0.3 is 0 Å². The number of nitrogens with one attached hydrogen (secondary N) is 2. The number of aliphatic hydroxyl groups excluding tert-OH is 1. The van der Waals surface area contributed by atoms with Crippen LogP contribution in [0.1, 0.15) is 52.9 Å². The number of amidine groups is 1. The minimum atomic E-state index is -0.267. The number of carbonyl (C=O) groups excluding carboxylic acids is 1. The van der Waals surface area contributed by atoms with Crippen molar-refractivity contribution in [1.82, 2.24) is 9.88 Å². The van der Waals surface area contributed by atoms with E-state index >= 15 is 0 Å². The van der Waals surface area contributed by atoms with Gasteiger partial charge in [0.05, 0.1) is 12.1 Å². The van der Waals surface area contributed by atoms with Gasteiger partial charge in [-0.15, -0.1) is 0 Å². The third kappa shape index (κ3) is 4.40. The largest absolute Gasteiger partial charge is 0.392 e. The Labute approximate surface area is 204 Å². The highest BCUT2D eigenvalue weighted by Gasteiger charge is 2.27. The number of hydrogen-bond acceptors (Lipinski definition) is 4. The predicted molar refractivity (Wildman–Crippen MR) is 140 cm³/mol. The molecule has 35 heavy (non-hydrogen) atoms. The number of amides is 1. The molecule has 0 saturated heterocycles. The molecule has 4 aromatic rings. The topological polar surface area (TPSA) is 130 Å². The van der Waals surface area contributed by atoms with Crippen LogP contribution in [0.25, 0.3) is 21.7 Å². The Hall–Kier alpha value is -3.68. The molecule has 0 radical (unpaired) electrons. The Morgan fingerprint density at radius 1 is 1.03 bits per heavy atom. The van der Waals surface area contributed by atoms with E-state index < -0.39 is 0 Å². The Morgan fingerprint density at radius 3 is 2.51 bits per heavy atom. The maximum atomic E-state index is 13.7. The van der Waals surface area contributed by atoms with Crippen LogP contribution in [0.5, 0.6) is 0 Å². The Bertz CT molecular complexity index is 1410. The summed E-state index contributed by atoms with van der Waals surface area (Å²) in [6, 6.07) is 20.0. The number of fused-ring (bicyclic) bond motifs is 2. The molecule has 0 atom stereocenters. The monoisotopic (exact) mass is 469 g/mol. The lowest BCUT2D eigenvalue weighted by molar-refractivity contribution is 0.0914. The van der Waals surface area contributed by atoms with Crippen LogP contribution in [0.15, 0.2) is 60.7 Å². The van der Waals surface area contributed by atoms with Crippen LogP contribution in [0.3, 0.4) is 0 Å². The minimum Gasteiger partial charge on any atom is -0.392 e. The van der Waals surface area contributed by atoms with E-state index in [9.17, 15) is 9.90 Å². The summed E-state index contributed by atoms with van der Waals surface area (Å²) in [6.07, 6.45) is 3.47. The van der Waals surface area contributed by atoms with Crippen molar-refractivity contribution >= 4 is 33.4 Å². The molecule has 180 valence electrons. The van der Waals surface area contributed by atoms with Gasteiger partial charge in [-0.25, -0.2) is 0 Å². The van der Waals surface area contributed by atoms with Crippen molar-refractivity contribution < 1.29 is 9.90 Å². The fourth-order valence-corrected chi connectivity index (χ4v) is 5.29. The number of carbonyl (C=O) groups is 1. The van der Waals surface area contributed by atoms with E-state index in [1.54, 1.807) is 6.07 Å². The number of aliphatic hydroxyl groups is 1. The summed E-state index contributed by atoms with van der Waals surface area (Å²) < 4.78 is 1.96. The number of hydrogen-bond donors (Lipinski definition) is 5. The van der Waals surface area contributed by atoms with Gasteiger partial charge in [0.1, 0.15) is 11.5 Å². The average Bonchev–Trinajstić information content (AvgIpc) is 3.18. The maximum absolute atomic E-state index is 13.7. The van der Waals surface area contributed by atoms with E-state index in [4.69, 9.17) is 16.9 Å². The molecule has 3 aromatic carbocycles. The summed E-state index contributed by atoms with van der Waals surface area (Å²) in [5, 5.41) is 24.5. The maximum Gasteiger partial charge on any atom is 0.268 e. The fourth-order valence-electron chi connectivity index (χ4n) is 5.29. The second kappa shape index (κ2) is 9.52. The third-order valence-electron chi connectivity index (χ3n) is 7.17. The number of benzene rings is 3. The molecule has 1 fully saturated rings. The number of nitrogens with zero attached hydrogens (tertiary/aromatic N) is 1. The van der Waals surface area contributed by atoms with Gasteiger partial charge < -0.3 is 26.5 Å². The van der Waals surface area contributed by atoms with Gasteiger partial charge in [-0.05, 0) is 48.1 Å². The van der Waals surface area contributed by atoms with E-state index in [0.29, 0.717) is 23.4 Å². The van der Waals surface area contributed by atoms with Crippen molar-refractivity contribution in [1.29, 1.82) is 5.41 Å². The summed E-state index contributed by atoms with van der Waals surface area (Å²) in [6.45, 7) is 0.175. The zero-order valence-electron chi connectivity index (χ0n) is 19.6. The zero-order valence-corrected chi connectivity index (χ0v) is 19.6. The van der Waals surface area contributed by atoms with Crippen LogP contribution < -0.4 is 16.8 Å². The summed E-state index contributed by atoms with van der Waals surface area (Å²) in [4.78, 5) is 13.7. The molecule has 1 aliphatic rings. The first-order valence-electron chi connectivity index (χ1n) is 12.1. The molecule has 7 N–H and O–H groups in total. The number of aromatic nitrogens is 1. The molecule has 0 aliphatic heterocycles. The van der Waals surface area contributed by atoms with Crippen LogP contribution in [-0.2, 0) is 13.2 Å². The van der Waals surface area contributed by atoms with Crippen LogP contribution >= 0.6 is 0 Å². The second-order valence-corrected chi connectivity index (χ2v) is 9.44. The van der Waals surface area contributed by atoms with Gasteiger partial charge in [-0.2, -0.15) is 0 Å². The quantitative estimate of drug-likeness (QED) is 0.218. The Balaban J connectivity index is 1.65. The first kappa shape index (κ1) is 23.1. The van der Waals surface area contributed by atoms with Gasteiger partial charge in [0, 0.05) is 35.1 Å². The van der Waals surface area contributed by atoms with Gasteiger partial charge in [0.25, 0.3) is 5.91 Å². The van der Waals surface area contributed by atoms with Crippen molar-refractivity contribution in [3.05, 3.63) is 83.0 Å². The van der Waals surface area contributed by atoms with Crippen molar-refractivity contribution in [2.45, 2.75) is 50.9 Å². The van der Waals surface area contributed by atoms with Gasteiger partial charge in [-0.3, -0.25) is 10.2 Å². The van der Waals surface area contributed by atoms with Crippen molar-refractivity contribution in [2.24, 2.45) is 11.5 Å². The summed E-state index contributed by atoms with van der Waals surface area (Å²) in [7, 11) is 0. The van der Waals surface area contributed by atoms with Crippen LogP contribution in [0, 0.1) is 5.41 Å². The van der Waals surface area contributed by atoms with Gasteiger partial charge in [0.15, 0.2) is 0 Å². The van der Waals surface area contributed by atoms with Crippen molar-refractivity contribution in [3.63, 3.8) is 0 Å². The summed E-state index contributed by atoms with van der Waals surface area (Å²) in [5.41, 5.74) is 15.3. The van der Waals surface area contributed by atoms with E-state index in [1.165, 1.54) is 0 Å². The Morgan fingerprint density at radius 2 is 1.77 bits per heavy atom. The molecule has 1 saturated carbocycles. The highest BCUT2D eigenvalue weighted by molar-refractivity contribution is 6.04. The van der Waals surface area contributed by atoms with Gasteiger partial charge in [0.2, 0.25) is 0 Å². The van der Waals surface area contributed by atoms with E-state index in [2.05, 4.69) is 29.6 Å². The molecule has 7 nitrogen and oxygen atoms in total. The van der Waals surface area contributed by atoms with Crippen molar-refractivity contribution in [2.75, 3.05) is 0 Å². The first-order chi connectivity index (χ1) is 17.0. The summed E-state index contributed by atoms with van der Waals surface area (Å²) >= 11 is 0. The standard InChI is InChI=1S/C28H31N5O2/c29-20-9-11-21(12-10-20)32-28(35)26-24(16-34)23-13-8-18(27(30)31)14-25(23)33(26)15-19-6-3-5-17-4-1-2-7-22(17)19/h1-8,13-14,20-21,34H,9-12,15-16,29H2,(H3,30,31)(H,32,35). The molecule has 7 heteroatoms. The van der Waals surface area contributed by atoms with E-state index in [0.717, 1.165) is 52.9 Å². The predicted octanol–water partition coefficient (Wildman–Crippen LogP) is 3.62. The zero-order chi connectivity index (χ0) is 24.5. The fraction of sp³-hybridized carbons (Fsp3) is 0.286. The van der Waals surface area contributed by atoms with E-state index in [-0.39, 0.29) is 30.4 Å². The molecular weight excluding hydrogens is 438 g/mol. The molecule has 0 bridgehead atoms. The smallest absolute Gasteiger partial charge is 0.268 e. The molecule has 1 aliphatic carbocycles. The molecule has 5 rings (SSSR count). The first-order valence-corrected chi connectivity index (χ1v) is 12.1. The lowest BCUT2D eigenvalue weighted by Crippen LogP contribution is -2.41. The van der Waals surface area contributed by atoms with Crippen molar-refractivity contribution in [3.8, 4) is 0 Å². The van der Waals surface area contributed by atoms with Crippen LogP contribution in [0.2, 0.25) is 0 Å². The second-order valence-electron chi connectivity index (χ2n) is 9.44. The normalized spacial score (nSPS) is 18.1. The lowest BCUT2D eigenvalue weighted by atomic mass is 9.91. The summed E-state index contributed by atoms with van der Waals surface area (Å²) in [5.74, 6) is -0.241. The van der Waals surface area contributed by atoms with Gasteiger partial charge in [-0.1, -0.05) is 54.6 Å². The molecule has 0 spiro atoms. The third-order valence-corrected chi connectivity index (χ3v) is 7.17. The van der Waals surface area contributed by atoms with Crippen LogP contribution in [-0.4, -0.2) is 33.5 Å². The SMILES string of the molecule is N=C(N)c1ccc2c(CO)c(C(=O)NC3CCC(N)CC3)n(Cc3cccc4ccccc34)c2c1. The minimum absolute atomic E-state index is 0.0418. The van der Waals surface area contributed by atoms with Crippen LogP contribution in [0.4, 0.5) is 0 Å². The lowest BCUT2D eigenvalue weighted by Gasteiger charge is -2.27. The highest BCUT2D eigenvalue weighted by atomic mass is 16.3. The average molecular weight is 470 g/mol. The molecule has 1 amide bonds. The molecule has 1 heterocycles.